The van der Waals surface area contributed by atoms with E-state index in [-0.39, 0.29) is 5.02 Å². The van der Waals surface area contributed by atoms with E-state index in [0.717, 1.165) is 17.0 Å². The Hall–Kier alpha value is -0.900. The minimum atomic E-state index is -4.71. The Morgan fingerprint density at radius 1 is 1.33 bits per heavy atom. The van der Waals surface area contributed by atoms with Gasteiger partial charge in [-0.2, -0.15) is 13.2 Å². The van der Waals surface area contributed by atoms with Gasteiger partial charge in [-0.3, -0.25) is 4.84 Å². The average molecular weight is 308 g/mol. The zero-order valence-electron chi connectivity index (χ0n) is 8.46. The van der Waals surface area contributed by atoms with Crippen LogP contribution in [-0.2, 0) is 14.9 Å². The summed E-state index contributed by atoms with van der Waals surface area (Å²) in [5.41, 5.74) is 0. The zero-order valence-corrected chi connectivity index (χ0v) is 10.0. The van der Waals surface area contributed by atoms with Crippen molar-refractivity contribution in [3.63, 3.8) is 0 Å². The lowest BCUT2D eigenvalue weighted by Crippen LogP contribution is -2.30. The Labute approximate surface area is 105 Å². The molecule has 0 fully saturated rings. The monoisotopic (exact) mass is 307 g/mol. The van der Waals surface area contributed by atoms with Crippen molar-refractivity contribution in [2.45, 2.75) is 11.1 Å². The first-order valence-corrected chi connectivity index (χ1v) is 6.13. The van der Waals surface area contributed by atoms with Crippen LogP contribution < -0.4 is 4.89 Å². The van der Waals surface area contributed by atoms with Crippen molar-refractivity contribution in [3.05, 3.63) is 29.0 Å². The van der Waals surface area contributed by atoms with Gasteiger partial charge in [0, 0.05) is 5.02 Å². The van der Waals surface area contributed by atoms with Gasteiger partial charge in [-0.15, -0.1) is 0 Å². The largest absolute Gasteiger partial charge is 0.413 e. The van der Waals surface area contributed by atoms with E-state index >= 15 is 0 Å². The molecule has 102 valence electrons. The highest BCUT2D eigenvalue weighted by Crippen LogP contribution is 2.19. The molecule has 1 N–H and O–H groups in total. The maximum absolute atomic E-state index is 13.2. The van der Waals surface area contributed by atoms with Crippen LogP contribution in [0.4, 0.5) is 17.6 Å². The maximum atomic E-state index is 13.2. The number of halogens is 5. The first kappa shape index (κ1) is 15.2. The molecule has 10 heteroatoms. The highest BCUT2D eigenvalue weighted by Gasteiger charge is 2.29. The summed E-state index contributed by atoms with van der Waals surface area (Å²) in [6.07, 6.45) is -4.71. The third-order valence-electron chi connectivity index (χ3n) is 1.59. The lowest BCUT2D eigenvalue weighted by molar-refractivity contribution is -0.181. The first-order chi connectivity index (χ1) is 8.12. The molecule has 18 heavy (non-hydrogen) atoms. The van der Waals surface area contributed by atoms with Crippen molar-refractivity contribution < 1.29 is 30.8 Å². The Morgan fingerprint density at radius 2 is 1.94 bits per heavy atom. The van der Waals surface area contributed by atoms with E-state index in [1.165, 1.54) is 0 Å². The molecule has 4 nitrogen and oxygen atoms in total. The number of benzene rings is 1. The summed E-state index contributed by atoms with van der Waals surface area (Å²) < 4.78 is 71.1. The molecule has 1 aromatic rings. The standard InChI is InChI=1S/C8H6ClF4NO3S/c9-5-1-2-7(6(10)3-5)18(15,16)14-17-4-8(11,12)13/h1-3,14H,4H2. The fourth-order valence-electron chi connectivity index (χ4n) is 0.927. The molecule has 1 aromatic carbocycles. The van der Waals surface area contributed by atoms with Gasteiger partial charge in [0.1, 0.15) is 10.7 Å². The van der Waals surface area contributed by atoms with Crippen molar-refractivity contribution in [1.29, 1.82) is 0 Å². The Morgan fingerprint density at radius 3 is 2.44 bits per heavy atom. The van der Waals surface area contributed by atoms with Gasteiger partial charge in [0.2, 0.25) is 0 Å². The van der Waals surface area contributed by atoms with Gasteiger partial charge in [-0.05, 0) is 18.2 Å². The molecule has 0 aromatic heterocycles. The lowest BCUT2D eigenvalue weighted by atomic mass is 10.3. The van der Waals surface area contributed by atoms with Crippen molar-refractivity contribution >= 4 is 21.6 Å². The highest BCUT2D eigenvalue weighted by molar-refractivity contribution is 7.89. The van der Waals surface area contributed by atoms with Crippen LogP contribution in [0.3, 0.4) is 0 Å². The van der Waals surface area contributed by atoms with Crippen LogP contribution in [0.15, 0.2) is 23.1 Å². The van der Waals surface area contributed by atoms with Gasteiger partial charge < -0.3 is 0 Å². The molecule has 0 atom stereocenters. The number of hydrogen-bond acceptors (Lipinski definition) is 3. The zero-order chi connectivity index (χ0) is 14.0. The van der Waals surface area contributed by atoms with E-state index in [1.807, 2.05) is 0 Å². The minimum absolute atomic E-state index is 0.0531. The van der Waals surface area contributed by atoms with Gasteiger partial charge >= 0.3 is 6.18 Å². The van der Waals surface area contributed by atoms with Crippen molar-refractivity contribution in [2.24, 2.45) is 0 Å². The molecule has 0 radical (unpaired) electrons. The smallest absolute Gasteiger partial charge is 0.277 e. The average Bonchev–Trinajstić information content (AvgIpc) is 2.13. The van der Waals surface area contributed by atoms with E-state index in [0.29, 0.717) is 6.07 Å². The van der Waals surface area contributed by atoms with Gasteiger partial charge in [0.15, 0.2) is 6.61 Å². The molecular weight excluding hydrogens is 302 g/mol. The molecule has 0 heterocycles. The van der Waals surface area contributed by atoms with Crippen LogP contribution in [0.2, 0.25) is 5.02 Å². The Kier molecular flexibility index (Phi) is 4.54. The predicted molar refractivity (Wildman–Crippen MR) is 53.7 cm³/mol. The fourth-order valence-corrected chi connectivity index (χ4v) is 1.95. The number of alkyl halides is 3. The normalized spacial score (nSPS) is 12.7. The third-order valence-corrected chi connectivity index (χ3v) is 3.07. The molecule has 0 saturated heterocycles. The Balaban J connectivity index is 2.81. The summed E-state index contributed by atoms with van der Waals surface area (Å²) in [5, 5.41) is -0.0531. The second kappa shape index (κ2) is 5.39. The summed E-state index contributed by atoms with van der Waals surface area (Å²) in [4.78, 5) is 4.03. The van der Waals surface area contributed by atoms with E-state index < -0.39 is 33.5 Å². The molecule has 1 rings (SSSR count). The molecule has 0 spiro atoms. The topological polar surface area (TPSA) is 55.4 Å². The second-order valence-corrected chi connectivity index (χ2v) is 5.12. The predicted octanol–water partition coefficient (Wildman–Crippen LogP) is 2.25. The molecule has 0 aliphatic carbocycles. The maximum Gasteiger partial charge on any atom is 0.413 e. The number of hydrogen-bond donors (Lipinski definition) is 1. The third kappa shape index (κ3) is 4.41. The van der Waals surface area contributed by atoms with E-state index in [9.17, 15) is 26.0 Å². The molecule has 0 saturated carbocycles. The second-order valence-electron chi connectivity index (χ2n) is 3.07. The summed E-state index contributed by atoms with van der Waals surface area (Å²) in [6.45, 7) is -1.83. The van der Waals surface area contributed by atoms with Crippen LogP contribution in [0.25, 0.3) is 0 Å². The Bertz CT molecular complexity index is 532. The quantitative estimate of drug-likeness (QED) is 0.685. The molecule has 0 amide bonds. The van der Waals surface area contributed by atoms with Gasteiger partial charge in [-0.1, -0.05) is 16.5 Å². The van der Waals surface area contributed by atoms with Crippen LogP contribution in [-0.4, -0.2) is 21.2 Å². The molecule has 0 aliphatic rings. The first-order valence-electron chi connectivity index (χ1n) is 4.27. The molecule has 0 aliphatic heterocycles. The lowest BCUT2D eigenvalue weighted by Gasteiger charge is -2.09. The summed E-state index contributed by atoms with van der Waals surface area (Å²) in [5.74, 6) is -1.20. The number of sulfonamides is 1. The summed E-state index contributed by atoms with van der Waals surface area (Å²) >= 11 is 5.40. The van der Waals surface area contributed by atoms with Crippen LogP contribution in [0.5, 0.6) is 0 Å². The van der Waals surface area contributed by atoms with E-state index in [4.69, 9.17) is 11.6 Å². The van der Waals surface area contributed by atoms with Gasteiger partial charge in [0.05, 0.1) is 0 Å². The van der Waals surface area contributed by atoms with Crippen molar-refractivity contribution in [3.8, 4) is 0 Å². The van der Waals surface area contributed by atoms with Crippen molar-refractivity contribution in [2.75, 3.05) is 6.61 Å². The number of rotatable bonds is 4. The van der Waals surface area contributed by atoms with Gasteiger partial charge in [0.25, 0.3) is 10.0 Å². The molecule has 0 bridgehead atoms. The molecule has 0 unspecified atom stereocenters. The fraction of sp³-hybridized carbons (Fsp3) is 0.250. The highest BCUT2D eigenvalue weighted by atomic mass is 35.5. The minimum Gasteiger partial charge on any atom is -0.277 e. The molecular formula is C8H6ClF4NO3S. The summed E-state index contributed by atoms with van der Waals surface area (Å²) in [7, 11) is -4.54. The van der Waals surface area contributed by atoms with E-state index in [1.54, 1.807) is 0 Å². The van der Waals surface area contributed by atoms with E-state index in [2.05, 4.69) is 4.84 Å². The SMILES string of the molecule is O=S(=O)(NOCC(F)(F)F)c1ccc(Cl)cc1F. The van der Waals surface area contributed by atoms with Crippen LogP contribution >= 0.6 is 11.6 Å². The van der Waals surface area contributed by atoms with Crippen LogP contribution in [0.1, 0.15) is 0 Å². The van der Waals surface area contributed by atoms with Gasteiger partial charge in [-0.25, -0.2) is 12.8 Å². The number of nitrogens with one attached hydrogen (secondary N) is 1. The van der Waals surface area contributed by atoms with Crippen LogP contribution in [0, 0.1) is 5.82 Å². The van der Waals surface area contributed by atoms with Crippen molar-refractivity contribution in [1.82, 2.24) is 4.89 Å². The summed E-state index contributed by atoms with van der Waals surface area (Å²) in [6, 6.07) is 2.58.